The van der Waals surface area contributed by atoms with E-state index >= 15 is 0 Å². The van der Waals surface area contributed by atoms with Crippen LogP contribution in [-0.4, -0.2) is 16.0 Å². The van der Waals surface area contributed by atoms with Crippen molar-refractivity contribution in [2.24, 2.45) is 0 Å². The van der Waals surface area contributed by atoms with Crippen molar-refractivity contribution in [2.75, 3.05) is 6.26 Å². The van der Waals surface area contributed by atoms with Crippen molar-refractivity contribution in [2.45, 2.75) is 17.9 Å². The normalized spacial score (nSPS) is 12.8. The van der Waals surface area contributed by atoms with Gasteiger partial charge in [-0.2, -0.15) is 5.10 Å². The lowest BCUT2D eigenvalue weighted by Crippen LogP contribution is -2.02. The van der Waals surface area contributed by atoms with Crippen LogP contribution in [0, 0.1) is 5.82 Å². The van der Waals surface area contributed by atoms with Gasteiger partial charge in [0.2, 0.25) is 0 Å². The highest BCUT2D eigenvalue weighted by molar-refractivity contribution is 7.98. The molecule has 0 saturated heterocycles. The first-order valence-electron chi connectivity index (χ1n) is 7.28. The van der Waals surface area contributed by atoms with Crippen LogP contribution in [-0.2, 0) is 12.8 Å². The van der Waals surface area contributed by atoms with Crippen LogP contribution in [0.4, 0.5) is 4.39 Å². The first-order valence-corrected chi connectivity index (χ1v) is 8.50. The quantitative estimate of drug-likeness (QED) is 0.649. The minimum absolute atomic E-state index is 0.225. The van der Waals surface area contributed by atoms with Gasteiger partial charge >= 0.3 is 0 Å². The van der Waals surface area contributed by atoms with Crippen LogP contribution in [0.15, 0.2) is 53.6 Å². The predicted molar refractivity (Wildman–Crippen MR) is 88.1 cm³/mol. The van der Waals surface area contributed by atoms with Crippen LogP contribution in [0.1, 0.15) is 11.1 Å². The molecule has 0 saturated carbocycles. The third-order valence-corrected chi connectivity index (χ3v) is 4.92. The van der Waals surface area contributed by atoms with E-state index in [9.17, 15) is 4.39 Å². The van der Waals surface area contributed by atoms with Gasteiger partial charge < -0.3 is 0 Å². The van der Waals surface area contributed by atoms with Crippen LogP contribution < -0.4 is 0 Å². The summed E-state index contributed by atoms with van der Waals surface area (Å²) in [7, 11) is 0. The van der Waals surface area contributed by atoms with E-state index in [1.54, 1.807) is 23.9 Å². The van der Waals surface area contributed by atoms with Crippen LogP contribution in [0.5, 0.6) is 0 Å². The van der Waals surface area contributed by atoms with Crippen molar-refractivity contribution >= 4 is 11.8 Å². The Morgan fingerprint density at radius 1 is 1.05 bits per heavy atom. The van der Waals surface area contributed by atoms with E-state index in [0.29, 0.717) is 0 Å². The molecular weight excluding hydrogens is 295 g/mol. The Balaban J connectivity index is 1.93. The van der Waals surface area contributed by atoms with Gasteiger partial charge in [-0.05, 0) is 48.9 Å². The molecule has 0 spiro atoms. The van der Waals surface area contributed by atoms with Gasteiger partial charge in [0.05, 0.1) is 11.4 Å². The number of hydrogen-bond acceptors (Lipinski definition) is 2. The monoisotopic (exact) mass is 310 g/mol. The Bertz CT molecular complexity index is 837. The van der Waals surface area contributed by atoms with Crippen LogP contribution in [0.25, 0.3) is 16.9 Å². The summed E-state index contributed by atoms with van der Waals surface area (Å²) in [5, 5.41) is 5.99. The fraction of sp³-hybridized carbons (Fsp3) is 0.167. The molecule has 1 aromatic heterocycles. The molecule has 110 valence electrons. The maximum atomic E-state index is 13.2. The third-order valence-electron chi connectivity index (χ3n) is 4.12. The SMILES string of the molecule is CSc1c2c(nn1-c1ccc(F)cc1)-c1ccccc1CC2. The Hall–Kier alpha value is -2.07. The van der Waals surface area contributed by atoms with E-state index in [1.165, 1.54) is 28.8 Å². The molecule has 2 aromatic carbocycles. The van der Waals surface area contributed by atoms with Gasteiger partial charge in [0.1, 0.15) is 10.8 Å². The topological polar surface area (TPSA) is 17.8 Å². The van der Waals surface area contributed by atoms with E-state index in [1.807, 2.05) is 4.68 Å². The number of hydrogen-bond donors (Lipinski definition) is 0. The fourth-order valence-electron chi connectivity index (χ4n) is 3.07. The molecule has 1 heterocycles. The average molecular weight is 310 g/mol. The summed E-state index contributed by atoms with van der Waals surface area (Å²) >= 11 is 1.70. The zero-order chi connectivity index (χ0) is 15.1. The van der Waals surface area contributed by atoms with E-state index in [4.69, 9.17) is 5.10 Å². The molecule has 4 rings (SSSR count). The van der Waals surface area contributed by atoms with Crippen molar-refractivity contribution in [1.29, 1.82) is 0 Å². The molecule has 0 fully saturated rings. The molecule has 1 aliphatic carbocycles. The maximum Gasteiger partial charge on any atom is 0.123 e. The summed E-state index contributed by atoms with van der Waals surface area (Å²) in [6.07, 6.45) is 4.12. The summed E-state index contributed by atoms with van der Waals surface area (Å²) in [6, 6.07) is 15.0. The Morgan fingerprint density at radius 2 is 1.82 bits per heavy atom. The molecule has 1 aliphatic rings. The van der Waals surface area contributed by atoms with Crippen molar-refractivity contribution in [3.63, 3.8) is 0 Å². The number of rotatable bonds is 2. The lowest BCUT2D eigenvalue weighted by molar-refractivity contribution is 0.626. The minimum Gasteiger partial charge on any atom is -0.226 e. The molecule has 0 N–H and O–H groups in total. The van der Waals surface area contributed by atoms with Crippen molar-refractivity contribution in [3.8, 4) is 16.9 Å². The zero-order valence-corrected chi connectivity index (χ0v) is 13.0. The first kappa shape index (κ1) is 13.6. The zero-order valence-electron chi connectivity index (χ0n) is 12.2. The summed E-state index contributed by atoms with van der Waals surface area (Å²) in [5.41, 5.74) is 5.84. The smallest absolute Gasteiger partial charge is 0.123 e. The van der Waals surface area contributed by atoms with E-state index in [0.717, 1.165) is 29.2 Å². The molecule has 4 heteroatoms. The Kier molecular flexibility index (Phi) is 3.26. The highest BCUT2D eigenvalue weighted by Gasteiger charge is 2.24. The molecule has 3 aromatic rings. The number of benzene rings is 2. The second kappa shape index (κ2) is 5.29. The second-order valence-electron chi connectivity index (χ2n) is 5.38. The van der Waals surface area contributed by atoms with Gasteiger partial charge in [-0.3, -0.25) is 0 Å². The van der Waals surface area contributed by atoms with E-state index in [2.05, 4.69) is 30.5 Å². The number of nitrogens with zero attached hydrogens (tertiary/aromatic N) is 2. The molecule has 0 amide bonds. The van der Waals surface area contributed by atoms with Gasteiger partial charge in [0, 0.05) is 11.1 Å². The Labute approximate surface area is 133 Å². The number of fused-ring (bicyclic) bond motifs is 3. The van der Waals surface area contributed by atoms with Gasteiger partial charge in [0.15, 0.2) is 0 Å². The number of thioether (sulfide) groups is 1. The third kappa shape index (κ3) is 2.06. The molecule has 0 atom stereocenters. The number of halogens is 1. The molecular formula is C18H15FN2S. The highest BCUT2D eigenvalue weighted by Crippen LogP contribution is 2.38. The van der Waals surface area contributed by atoms with Crippen molar-refractivity contribution in [1.82, 2.24) is 9.78 Å². The lowest BCUT2D eigenvalue weighted by Gasteiger charge is -2.15. The fourth-order valence-corrected chi connectivity index (χ4v) is 3.84. The van der Waals surface area contributed by atoms with Gasteiger partial charge in [-0.25, -0.2) is 9.07 Å². The minimum atomic E-state index is -0.225. The number of aryl methyl sites for hydroxylation is 1. The summed E-state index contributed by atoms with van der Waals surface area (Å²) < 4.78 is 15.1. The second-order valence-corrected chi connectivity index (χ2v) is 6.18. The van der Waals surface area contributed by atoms with Gasteiger partial charge in [0.25, 0.3) is 0 Å². The van der Waals surface area contributed by atoms with Crippen molar-refractivity contribution in [3.05, 3.63) is 65.5 Å². The largest absolute Gasteiger partial charge is 0.226 e. The van der Waals surface area contributed by atoms with E-state index in [-0.39, 0.29) is 5.82 Å². The van der Waals surface area contributed by atoms with Crippen LogP contribution >= 0.6 is 11.8 Å². The lowest BCUT2D eigenvalue weighted by atomic mass is 9.91. The Morgan fingerprint density at radius 3 is 2.59 bits per heavy atom. The molecule has 22 heavy (non-hydrogen) atoms. The summed E-state index contributed by atoms with van der Waals surface area (Å²) in [6.45, 7) is 0. The van der Waals surface area contributed by atoms with Crippen molar-refractivity contribution < 1.29 is 4.39 Å². The van der Waals surface area contributed by atoms with Crippen LogP contribution in [0.2, 0.25) is 0 Å². The van der Waals surface area contributed by atoms with Gasteiger partial charge in [-0.15, -0.1) is 11.8 Å². The molecule has 0 unspecified atom stereocenters. The highest BCUT2D eigenvalue weighted by atomic mass is 32.2. The molecule has 0 aliphatic heterocycles. The predicted octanol–water partition coefficient (Wildman–Crippen LogP) is 4.50. The molecule has 0 bridgehead atoms. The number of aromatic nitrogens is 2. The summed E-state index contributed by atoms with van der Waals surface area (Å²) in [4.78, 5) is 0. The summed E-state index contributed by atoms with van der Waals surface area (Å²) in [5.74, 6) is -0.225. The maximum absolute atomic E-state index is 13.2. The van der Waals surface area contributed by atoms with Crippen LogP contribution in [0.3, 0.4) is 0 Å². The van der Waals surface area contributed by atoms with Gasteiger partial charge in [-0.1, -0.05) is 24.3 Å². The average Bonchev–Trinajstić information content (AvgIpc) is 2.94. The van der Waals surface area contributed by atoms with E-state index < -0.39 is 0 Å². The molecule has 2 nitrogen and oxygen atoms in total. The molecule has 0 radical (unpaired) electrons. The first-order chi connectivity index (χ1) is 10.8. The standard InChI is InChI=1S/C18H15FN2S/c1-22-18-16-11-6-12-4-2-3-5-15(12)17(16)20-21(18)14-9-7-13(19)8-10-14/h2-5,7-10H,6,11H2,1H3.